The van der Waals surface area contributed by atoms with E-state index in [9.17, 15) is 4.79 Å². The normalized spacial score (nSPS) is 24.2. The van der Waals surface area contributed by atoms with E-state index in [-0.39, 0.29) is 17.5 Å². The highest BCUT2D eigenvalue weighted by molar-refractivity contribution is 5.73. The first-order valence-electron chi connectivity index (χ1n) is 12.5. The molecule has 3 aliphatic carbocycles. The number of rotatable bonds is 10. The van der Waals surface area contributed by atoms with Crippen molar-refractivity contribution in [2.45, 2.75) is 58.0 Å². The van der Waals surface area contributed by atoms with Gasteiger partial charge in [-0.2, -0.15) is 0 Å². The van der Waals surface area contributed by atoms with E-state index in [1.807, 2.05) is 32.3 Å². The minimum Gasteiger partial charge on any atom is -0.458 e. The molecule has 0 radical (unpaired) electrons. The standard InChI is InChI=1S/C29H38N2O2/c1-22(2)28(32)33-29(15-18-31(3)17-8-10-23-9-7-16-30-21-23)20-25-13-14-26(29)19-27(25)24-11-5-4-6-12-24/h4-7,9,11-12,16,19,21-22,25-26H,8,10,13-15,17-18,20H2,1-3H3. The van der Waals surface area contributed by atoms with Crippen molar-refractivity contribution < 1.29 is 9.53 Å². The zero-order valence-electron chi connectivity index (χ0n) is 20.4. The minimum absolute atomic E-state index is 0.0589. The van der Waals surface area contributed by atoms with Gasteiger partial charge in [0.05, 0.1) is 5.92 Å². The van der Waals surface area contributed by atoms with Crippen LogP contribution in [0.25, 0.3) is 5.57 Å². The summed E-state index contributed by atoms with van der Waals surface area (Å²) in [6, 6.07) is 14.9. The smallest absolute Gasteiger partial charge is 0.308 e. The van der Waals surface area contributed by atoms with Gasteiger partial charge in [0.15, 0.2) is 0 Å². The maximum absolute atomic E-state index is 12.8. The third-order valence-electron chi connectivity index (χ3n) is 7.44. The van der Waals surface area contributed by atoms with Crippen molar-refractivity contribution in [1.29, 1.82) is 0 Å². The number of pyridine rings is 1. The van der Waals surface area contributed by atoms with Crippen molar-refractivity contribution in [3.05, 3.63) is 72.1 Å². The average Bonchev–Trinajstić information content (AvgIpc) is 2.84. The first-order valence-corrected chi connectivity index (χ1v) is 12.5. The highest BCUT2D eigenvalue weighted by Gasteiger charge is 2.50. The van der Waals surface area contributed by atoms with Crippen molar-refractivity contribution in [2.75, 3.05) is 20.1 Å². The average molecular weight is 447 g/mol. The summed E-state index contributed by atoms with van der Waals surface area (Å²) in [4.78, 5) is 19.4. The maximum Gasteiger partial charge on any atom is 0.308 e. The van der Waals surface area contributed by atoms with Gasteiger partial charge in [0.1, 0.15) is 5.60 Å². The van der Waals surface area contributed by atoms with Crippen LogP contribution in [0.4, 0.5) is 0 Å². The summed E-state index contributed by atoms with van der Waals surface area (Å²) in [7, 11) is 2.19. The molecule has 3 unspecified atom stereocenters. The Morgan fingerprint density at radius 1 is 1.15 bits per heavy atom. The molecule has 176 valence electrons. The Balaban J connectivity index is 1.43. The number of aromatic nitrogens is 1. The van der Waals surface area contributed by atoms with Crippen LogP contribution >= 0.6 is 0 Å². The Labute approximate surface area is 199 Å². The summed E-state index contributed by atoms with van der Waals surface area (Å²) in [5, 5.41) is 0. The van der Waals surface area contributed by atoms with Gasteiger partial charge in [-0.3, -0.25) is 9.78 Å². The number of fused-ring (bicyclic) bond motifs is 2. The first-order chi connectivity index (χ1) is 16.0. The lowest BCUT2D eigenvalue weighted by Crippen LogP contribution is -2.51. The Morgan fingerprint density at radius 3 is 2.64 bits per heavy atom. The molecule has 4 nitrogen and oxygen atoms in total. The molecule has 1 aromatic carbocycles. The molecule has 0 amide bonds. The van der Waals surface area contributed by atoms with E-state index < -0.39 is 0 Å². The third-order valence-corrected chi connectivity index (χ3v) is 7.44. The van der Waals surface area contributed by atoms with E-state index >= 15 is 0 Å². The van der Waals surface area contributed by atoms with Crippen molar-refractivity contribution in [1.82, 2.24) is 9.88 Å². The maximum atomic E-state index is 12.8. The minimum atomic E-state index is -0.375. The molecule has 1 saturated carbocycles. The van der Waals surface area contributed by atoms with Crippen LogP contribution in [0.1, 0.15) is 57.1 Å². The molecule has 0 N–H and O–H groups in total. The molecular formula is C29H38N2O2. The molecule has 3 aliphatic rings. The number of aryl methyl sites for hydroxylation is 1. The van der Waals surface area contributed by atoms with Gasteiger partial charge in [0.25, 0.3) is 0 Å². The van der Waals surface area contributed by atoms with Crippen LogP contribution in [0, 0.1) is 17.8 Å². The number of ether oxygens (including phenoxy) is 1. The number of hydrogen-bond donors (Lipinski definition) is 0. The van der Waals surface area contributed by atoms with E-state index in [1.54, 1.807) is 0 Å². The summed E-state index contributed by atoms with van der Waals surface area (Å²) in [6.07, 6.45) is 12.5. The molecule has 2 aromatic rings. The lowest BCUT2D eigenvalue weighted by atomic mass is 9.60. The van der Waals surface area contributed by atoms with E-state index in [0.717, 1.165) is 45.2 Å². The molecule has 1 heterocycles. The molecule has 0 saturated heterocycles. The van der Waals surface area contributed by atoms with Crippen LogP contribution < -0.4 is 0 Å². The lowest BCUT2D eigenvalue weighted by molar-refractivity contribution is -0.176. The number of hydrogen-bond acceptors (Lipinski definition) is 4. The Hall–Kier alpha value is -2.46. The first kappa shape index (κ1) is 23.7. The fourth-order valence-corrected chi connectivity index (χ4v) is 5.50. The van der Waals surface area contributed by atoms with Gasteiger partial charge in [-0.25, -0.2) is 0 Å². The second-order valence-electron chi connectivity index (χ2n) is 10.2. The van der Waals surface area contributed by atoms with E-state index in [2.05, 4.69) is 59.4 Å². The third kappa shape index (κ3) is 5.73. The molecule has 1 fully saturated rings. The van der Waals surface area contributed by atoms with Crippen LogP contribution in [0.5, 0.6) is 0 Å². The van der Waals surface area contributed by atoms with Gasteiger partial charge in [-0.15, -0.1) is 0 Å². The molecule has 0 spiro atoms. The number of nitrogens with zero attached hydrogens (tertiary/aromatic N) is 2. The second kappa shape index (κ2) is 10.6. The van der Waals surface area contributed by atoms with Gasteiger partial charge in [-0.05, 0) is 74.4 Å². The van der Waals surface area contributed by atoms with E-state index in [0.29, 0.717) is 11.8 Å². The zero-order valence-corrected chi connectivity index (χ0v) is 20.4. The number of esters is 1. The van der Waals surface area contributed by atoms with Crippen molar-refractivity contribution in [3.63, 3.8) is 0 Å². The molecule has 2 bridgehead atoms. The SMILES string of the molecule is CC(C)C(=O)OC1(CCN(C)CCCc2cccnc2)CC2CCC1C=C2c1ccccc1. The summed E-state index contributed by atoms with van der Waals surface area (Å²) in [5.41, 5.74) is 3.69. The highest BCUT2D eigenvalue weighted by atomic mass is 16.6. The molecule has 0 aliphatic heterocycles. The number of allylic oxidation sites excluding steroid dienone is 1. The molecule has 5 rings (SSSR count). The lowest BCUT2D eigenvalue weighted by Gasteiger charge is -2.50. The fourth-order valence-electron chi connectivity index (χ4n) is 5.50. The van der Waals surface area contributed by atoms with E-state index in [4.69, 9.17) is 4.74 Å². The van der Waals surface area contributed by atoms with Crippen molar-refractivity contribution in [2.24, 2.45) is 17.8 Å². The predicted molar refractivity (Wildman–Crippen MR) is 134 cm³/mol. The monoisotopic (exact) mass is 446 g/mol. The predicted octanol–water partition coefficient (Wildman–Crippen LogP) is 5.79. The molecule has 1 aromatic heterocycles. The quantitative estimate of drug-likeness (QED) is 0.433. The van der Waals surface area contributed by atoms with Crippen LogP contribution in [0.3, 0.4) is 0 Å². The van der Waals surface area contributed by atoms with Gasteiger partial charge in [-0.1, -0.05) is 56.3 Å². The van der Waals surface area contributed by atoms with Crippen molar-refractivity contribution >= 4 is 11.5 Å². The number of carbonyl (C=O) groups is 1. The highest BCUT2D eigenvalue weighted by Crippen LogP contribution is 2.53. The zero-order chi connectivity index (χ0) is 23.3. The Morgan fingerprint density at radius 2 is 1.97 bits per heavy atom. The van der Waals surface area contributed by atoms with Crippen LogP contribution in [-0.4, -0.2) is 41.6 Å². The van der Waals surface area contributed by atoms with Crippen LogP contribution in [0.15, 0.2) is 60.9 Å². The topological polar surface area (TPSA) is 42.4 Å². The van der Waals surface area contributed by atoms with Gasteiger partial charge in [0.2, 0.25) is 0 Å². The van der Waals surface area contributed by atoms with Gasteiger partial charge < -0.3 is 9.64 Å². The van der Waals surface area contributed by atoms with Gasteiger partial charge >= 0.3 is 5.97 Å². The summed E-state index contributed by atoms with van der Waals surface area (Å²) < 4.78 is 6.36. The molecule has 33 heavy (non-hydrogen) atoms. The van der Waals surface area contributed by atoms with Crippen LogP contribution in [-0.2, 0) is 16.0 Å². The Bertz CT molecular complexity index is 941. The molecular weight excluding hydrogens is 408 g/mol. The molecule has 4 heteroatoms. The summed E-state index contributed by atoms with van der Waals surface area (Å²) in [5.74, 6) is 0.603. The summed E-state index contributed by atoms with van der Waals surface area (Å²) >= 11 is 0. The van der Waals surface area contributed by atoms with Crippen LogP contribution in [0.2, 0.25) is 0 Å². The molecule has 3 atom stereocenters. The largest absolute Gasteiger partial charge is 0.458 e. The fraction of sp³-hybridized carbons (Fsp3) is 0.517. The van der Waals surface area contributed by atoms with Crippen molar-refractivity contribution in [3.8, 4) is 0 Å². The Kier molecular flexibility index (Phi) is 7.64. The second-order valence-corrected chi connectivity index (χ2v) is 10.2. The summed E-state index contributed by atoms with van der Waals surface area (Å²) in [6.45, 7) is 5.85. The number of benzene rings is 1. The number of carbonyl (C=O) groups excluding carboxylic acids is 1. The van der Waals surface area contributed by atoms with Gasteiger partial charge in [0, 0.05) is 31.3 Å². The van der Waals surface area contributed by atoms with E-state index in [1.165, 1.54) is 23.1 Å².